The Morgan fingerprint density at radius 2 is 2.00 bits per heavy atom. The second kappa shape index (κ2) is 8.27. The van der Waals surface area contributed by atoms with E-state index in [9.17, 15) is 12.8 Å². The van der Waals surface area contributed by atoms with Crippen LogP contribution in [0.15, 0.2) is 60.1 Å². The molecule has 29 heavy (non-hydrogen) atoms. The molecular weight excluding hydrogens is 397 g/mol. The molecule has 152 valence electrons. The van der Waals surface area contributed by atoms with Crippen molar-refractivity contribution in [3.8, 4) is 5.69 Å². The zero-order valence-corrected chi connectivity index (χ0v) is 16.3. The number of hydrogen-bond acceptors (Lipinski definition) is 6. The van der Waals surface area contributed by atoms with Gasteiger partial charge in [-0.05, 0) is 29.8 Å². The number of halogens is 1. The fraction of sp³-hybridized carbons (Fsp3) is 0.263. The van der Waals surface area contributed by atoms with Crippen LogP contribution in [0.3, 0.4) is 0 Å². The SMILES string of the molecule is O=S(=O)(c1ccc(NCc2ccc(-n3ccnc3)c(F)c2)nc1)N1CCOCC1. The Morgan fingerprint density at radius 3 is 2.66 bits per heavy atom. The maximum absolute atomic E-state index is 14.3. The normalized spacial score (nSPS) is 15.3. The molecule has 8 nitrogen and oxygen atoms in total. The molecule has 0 amide bonds. The number of pyridine rings is 1. The van der Waals surface area contributed by atoms with Gasteiger partial charge in [-0.1, -0.05) is 6.07 Å². The molecule has 0 aliphatic carbocycles. The molecule has 1 aromatic carbocycles. The van der Waals surface area contributed by atoms with Crippen molar-refractivity contribution in [1.82, 2.24) is 18.8 Å². The molecule has 3 aromatic rings. The van der Waals surface area contributed by atoms with Gasteiger partial charge >= 0.3 is 0 Å². The number of hydrogen-bond donors (Lipinski definition) is 1. The predicted octanol–water partition coefficient (Wildman–Crippen LogP) is 2.04. The molecule has 1 fully saturated rings. The fourth-order valence-corrected chi connectivity index (χ4v) is 4.39. The molecule has 1 N–H and O–H groups in total. The van der Waals surface area contributed by atoms with E-state index in [0.717, 1.165) is 5.56 Å². The number of ether oxygens (including phenoxy) is 1. The lowest BCUT2D eigenvalue weighted by Gasteiger charge is -2.25. The van der Waals surface area contributed by atoms with Crippen molar-refractivity contribution in [2.45, 2.75) is 11.4 Å². The third-order valence-electron chi connectivity index (χ3n) is 4.61. The van der Waals surface area contributed by atoms with Crippen molar-refractivity contribution in [3.63, 3.8) is 0 Å². The van der Waals surface area contributed by atoms with E-state index in [1.54, 1.807) is 29.1 Å². The van der Waals surface area contributed by atoms with Crippen LogP contribution in [0.25, 0.3) is 5.69 Å². The van der Waals surface area contributed by atoms with Crippen molar-refractivity contribution in [3.05, 3.63) is 66.6 Å². The maximum Gasteiger partial charge on any atom is 0.244 e. The van der Waals surface area contributed by atoms with Crippen molar-refractivity contribution in [1.29, 1.82) is 0 Å². The Bertz CT molecular complexity index is 1070. The second-order valence-electron chi connectivity index (χ2n) is 6.50. The van der Waals surface area contributed by atoms with Gasteiger partial charge in [-0.3, -0.25) is 0 Å². The number of morpholine rings is 1. The van der Waals surface area contributed by atoms with Crippen molar-refractivity contribution < 1.29 is 17.5 Å². The monoisotopic (exact) mass is 417 g/mol. The number of imidazole rings is 1. The zero-order chi connectivity index (χ0) is 20.3. The summed E-state index contributed by atoms with van der Waals surface area (Å²) in [5, 5.41) is 3.08. The predicted molar refractivity (Wildman–Crippen MR) is 105 cm³/mol. The van der Waals surface area contributed by atoms with E-state index in [-0.39, 0.29) is 10.7 Å². The summed E-state index contributed by atoms with van der Waals surface area (Å²) in [4.78, 5) is 8.24. The highest BCUT2D eigenvalue weighted by Gasteiger charge is 2.26. The molecule has 1 aliphatic rings. The van der Waals surface area contributed by atoms with Crippen LogP contribution in [0.1, 0.15) is 5.56 Å². The lowest BCUT2D eigenvalue weighted by Crippen LogP contribution is -2.40. The molecule has 0 radical (unpaired) electrons. The summed E-state index contributed by atoms with van der Waals surface area (Å²) in [5.41, 5.74) is 1.15. The third kappa shape index (κ3) is 4.29. The van der Waals surface area contributed by atoms with Crippen LogP contribution < -0.4 is 5.32 Å². The molecule has 0 unspecified atom stereocenters. The van der Waals surface area contributed by atoms with E-state index < -0.39 is 10.0 Å². The van der Waals surface area contributed by atoms with Gasteiger partial charge in [-0.25, -0.2) is 22.8 Å². The van der Waals surface area contributed by atoms with E-state index in [4.69, 9.17) is 4.74 Å². The number of aromatic nitrogens is 3. The first-order valence-electron chi connectivity index (χ1n) is 9.08. The highest BCUT2D eigenvalue weighted by molar-refractivity contribution is 7.89. The number of nitrogens with zero attached hydrogens (tertiary/aromatic N) is 4. The van der Waals surface area contributed by atoms with Gasteiger partial charge in [0, 0.05) is 38.2 Å². The molecule has 3 heterocycles. The highest BCUT2D eigenvalue weighted by atomic mass is 32.2. The van der Waals surface area contributed by atoms with Crippen molar-refractivity contribution in [2.24, 2.45) is 0 Å². The Labute approximate surface area is 168 Å². The minimum atomic E-state index is -3.57. The van der Waals surface area contributed by atoms with Crippen LogP contribution in [0.2, 0.25) is 0 Å². The highest BCUT2D eigenvalue weighted by Crippen LogP contribution is 2.19. The van der Waals surface area contributed by atoms with Crippen LogP contribution in [-0.2, 0) is 21.3 Å². The minimum absolute atomic E-state index is 0.140. The van der Waals surface area contributed by atoms with Crippen LogP contribution >= 0.6 is 0 Å². The summed E-state index contributed by atoms with van der Waals surface area (Å²) in [6.07, 6.45) is 6.12. The van der Waals surface area contributed by atoms with Crippen molar-refractivity contribution in [2.75, 3.05) is 31.6 Å². The summed E-state index contributed by atoms with van der Waals surface area (Å²) >= 11 is 0. The van der Waals surface area contributed by atoms with Gasteiger partial charge in [0.05, 0.1) is 25.2 Å². The molecule has 10 heteroatoms. The first kappa shape index (κ1) is 19.5. The molecule has 2 aromatic heterocycles. The first-order chi connectivity index (χ1) is 14.0. The summed E-state index contributed by atoms with van der Waals surface area (Å²) in [5.74, 6) is 0.146. The lowest BCUT2D eigenvalue weighted by molar-refractivity contribution is 0.0730. The molecule has 1 aliphatic heterocycles. The Morgan fingerprint density at radius 1 is 1.17 bits per heavy atom. The molecular formula is C19H20FN5O3S. The number of benzene rings is 1. The van der Waals surface area contributed by atoms with Crippen LogP contribution in [0.4, 0.5) is 10.2 Å². The Balaban J connectivity index is 1.41. The molecule has 0 saturated carbocycles. The van der Waals surface area contributed by atoms with E-state index in [2.05, 4.69) is 15.3 Å². The Kier molecular flexibility index (Phi) is 5.56. The second-order valence-corrected chi connectivity index (χ2v) is 8.44. The summed E-state index contributed by atoms with van der Waals surface area (Å²) in [6, 6.07) is 8.05. The smallest absolute Gasteiger partial charge is 0.244 e. The largest absolute Gasteiger partial charge is 0.379 e. The van der Waals surface area contributed by atoms with E-state index in [1.165, 1.54) is 29.0 Å². The first-order valence-corrected chi connectivity index (χ1v) is 10.5. The molecule has 4 rings (SSSR count). The minimum Gasteiger partial charge on any atom is -0.379 e. The maximum atomic E-state index is 14.3. The molecule has 0 atom stereocenters. The lowest BCUT2D eigenvalue weighted by atomic mass is 10.2. The Hall–Kier alpha value is -2.82. The number of sulfonamides is 1. The van der Waals surface area contributed by atoms with Crippen LogP contribution in [0, 0.1) is 5.82 Å². The van der Waals surface area contributed by atoms with E-state index in [0.29, 0.717) is 44.4 Å². The van der Waals surface area contributed by atoms with Gasteiger partial charge < -0.3 is 14.6 Å². The van der Waals surface area contributed by atoms with Crippen LogP contribution in [0.5, 0.6) is 0 Å². The summed E-state index contributed by atoms with van der Waals surface area (Å²) < 4.78 is 47.7. The van der Waals surface area contributed by atoms with Gasteiger partial charge in [0.2, 0.25) is 10.0 Å². The van der Waals surface area contributed by atoms with Gasteiger partial charge in [-0.2, -0.15) is 4.31 Å². The number of anilines is 1. The van der Waals surface area contributed by atoms with E-state index in [1.807, 2.05) is 6.07 Å². The summed E-state index contributed by atoms with van der Waals surface area (Å²) in [6.45, 7) is 1.81. The standard InChI is InChI=1S/C19H20FN5O3S/c20-17-11-15(1-3-18(17)24-6-5-21-14-24)12-22-19-4-2-16(13-23-19)29(26,27)25-7-9-28-10-8-25/h1-6,11,13-14H,7-10,12H2,(H,22,23). The molecule has 0 spiro atoms. The summed E-state index contributed by atoms with van der Waals surface area (Å²) in [7, 11) is -3.57. The van der Waals surface area contributed by atoms with Gasteiger partial charge in [0.15, 0.2) is 0 Å². The number of nitrogens with one attached hydrogen (secondary N) is 1. The zero-order valence-electron chi connectivity index (χ0n) is 15.5. The third-order valence-corrected chi connectivity index (χ3v) is 6.49. The fourth-order valence-electron chi connectivity index (χ4n) is 3.04. The molecule has 0 bridgehead atoms. The number of rotatable bonds is 6. The average molecular weight is 417 g/mol. The van der Waals surface area contributed by atoms with E-state index >= 15 is 0 Å². The van der Waals surface area contributed by atoms with Gasteiger partial charge in [0.1, 0.15) is 16.5 Å². The van der Waals surface area contributed by atoms with Crippen molar-refractivity contribution >= 4 is 15.8 Å². The van der Waals surface area contributed by atoms with Gasteiger partial charge in [-0.15, -0.1) is 0 Å². The molecule has 1 saturated heterocycles. The van der Waals surface area contributed by atoms with Gasteiger partial charge in [0.25, 0.3) is 0 Å². The van der Waals surface area contributed by atoms with Crippen LogP contribution in [-0.4, -0.2) is 53.6 Å². The quantitative estimate of drug-likeness (QED) is 0.660. The topological polar surface area (TPSA) is 89.3 Å². The average Bonchev–Trinajstić information content (AvgIpc) is 3.28.